The van der Waals surface area contributed by atoms with Crippen molar-refractivity contribution in [2.75, 3.05) is 40.4 Å². The minimum atomic E-state index is -0.132. The van der Waals surface area contributed by atoms with Crippen molar-refractivity contribution in [2.45, 2.75) is 0 Å². The van der Waals surface area contributed by atoms with Crippen LogP contribution in [0.25, 0.3) is 0 Å². The van der Waals surface area contributed by atoms with Gasteiger partial charge in [0.2, 0.25) is 0 Å². The van der Waals surface area contributed by atoms with Crippen LogP contribution in [0.3, 0.4) is 0 Å². The molecule has 0 bridgehead atoms. The quantitative estimate of drug-likeness (QED) is 0.813. The number of methoxy groups -OCH3 is 2. The van der Waals surface area contributed by atoms with Crippen molar-refractivity contribution in [3.05, 3.63) is 59.2 Å². The second-order valence-electron chi connectivity index (χ2n) is 6.38. The van der Waals surface area contributed by atoms with Crippen molar-refractivity contribution >= 4 is 11.8 Å². The Labute approximate surface area is 163 Å². The zero-order valence-electron chi connectivity index (χ0n) is 15.8. The predicted molar refractivity (Wildman–Crippen MR) is 103 cm³/mol. The van der Waals surface area contributed by atoms with E-state index in [0.29, 0.717) is 54.4 Å². The van der Waals surface area contributed by atoms with Gasteiger partial charge in [-0.1, -0.05) is 6.07 Å². The van der Waals surface area contributed by atoms with Gasteiger partial charge in [0.15, 0.2) is 0 Å². The average Bonchev–Trinajstić information content (AvgIpc) is 2.77. The highest BCUT2D eigenvalue weighted by atomic mass is 16.5. The molecule has 3 rings (SSSR count). The van der Waals surface area contributed by atoms with E-state index in [-0.39, 0.29) is 11.8 Å². The molecule has 144 valence electrons. The summed E-state index contributed by atoms with van der Waals surface area (Å²) in [6.07, 6.45) is 0. The number of hydrogen-bond donors (Lipinski definition) is 0. The Morgan fingerprint density at radius 2 is 1.39 bits per heavy atom. The molecule has 1 aliphatic rings. The van der Waals surface area contributed by atoms with Gasteiger partial charge in [0.05, 0.1) is 25.9 Å². The average molecular weight is 379 g/mol. The first-order valence-corrected chi connectivity index (χ1v) is 8.87. The van der Waals surface area contributed by atoms with Crippen molar-refractivity contribution in [3.63, 3.8) is 0 Å². The van der Waals surface area contributed by atoms with Crippen LogP contribution < -0.4 is 9.47 Å². The molecule has 2 aromatic carbocycles. The summed E-state index contributed by atoms with van der Waals surface area (Å²) in [5.74, 6) is 0.839. The molecule has 7 nitrogen and oxygen atoms in total. The van der Waals surface area contributed by atoms with E-state index in [1.165, 1.54) is 14.2 Å². The van der Waals surface area contributed by atoms with Gasteiger partial charge in [0.25, 0.3) is 11.8 Å². The van der Waals surface area contributed by atoms with Crippen LogP contribution in [0.5, 0.6) is 11.5 Å². The molecule has 28 heavy (non-hydrogen) atoms. The number of ether oxygens (including phenoxy) is 2. The Hall–Kier alpha value is -3.53. The summed E-state index contributed by atoms with van der Waals surface area (Å²) in [7, 11) is 3.07. The number of benzene rings is 2. The van der Waals surface area contributed by atoms with E-state index < -0.39 is 0 Å². The van der Waals surface area contributed by atoms with Crippen molar-refractivity contribution < 1.29 is 19.1 Å². The van der Waals surface area contributed by atoms with E-state index in [0.717, 1.165) is 0 Å². The SMILES string of the molecule is COc1cc(OC)cc(C(=O)N2CCN(C(=O)c3cccc(C#N)c3)CC2)c1. The first-order valence-electron chi connectivity index (χ1n) is 8.87. The lowest BCUT2D eigenvalue weighted by atomic mass is 10.1. The molecule has 0 radical (unpaired) electrons. The van der Waals surface area contributed by atoms with Gasteiger partial charge in [-0.3, -0.25) is 9.59 Å². The van der Waals surface area contributed by atoms with Gasteiger partial charge >= 0.3 is 0 Å². The molecule has 1 heterocycles. The van der Waals surface area contributed by atoms with Crippen molar-refractivity contribution in [3.8, 4) is 17.6 Å². The molecule has 2 amide bonds. The van der Waals surface area contributed by atoms with Crippen LogP contribution in [-0.2, 0) is 0 Å². The van der Waals surface area contributed by atoms with Crippen LogP contribution in [0.15, 0.2) is 42.5 Å². The highest BCUT2D eigenvalue weighted by Crippen LogP contribution is 2.24. The van der Waals surface area contributed by atoms with Gasteiger partial charge in [-0.25, -0.2) is 0 Å². The minimum absolute atomic E-state index is 0.129. The molecule has 1 fully saturated rings. The normalized spacial score (nSPS) is 13.6. The summed E-state index contributed by atoms with van der Waals surface area (Å²) in [5, 5.41) is 9.00. The van der Waals surface area contributed by atoms with Crippen LogP contribution >= 0.6 is 0 Å². The van der Waals surface area contributed by atoms with Gasteiger partial charge in [-0.05, 0) is 30.3 Å². The molecular formula is C21H21N3O4. The summed E-state index contributed by atoms with van der Waals surface area (Å²) < 4.78 is 10.4. The fourth-order valence-electron chi connectivity index (χ4n) is 3.13. The number of rotatable bonds is 4. The monoisotopic (exact) mass is 379 g/mol. The number of carbonyl (C=O) groups is 2. The van der Waals surface area contributed by atoms with Gasteiger partial charge in [-0.15, -0.1) is 0 Å². The summed E-state index contributed by atoms with van der Waals surface area (Å²) in [5.41, 5.74) is 1.42. The third kappa shape index (κ3) is 4.07. The number of hydrogen-bond acceptors (Lipinski definition) is 5. The fourth-order valence-corrected chi connectivity index (χ4v) is 3.13. The highest BCUT2D eigenvalue weighted by Gasteiger charge is 2.26. The predicted octanol–water partition coefficient (Wildman–Crippen LogP) is 2.17. The van der Waals surface area contributed by atoms with Crippen molar-refractivity contribution in [2.24, 2.45) is 0 Å². The Kier molecular flexibility index (Phi) is 5.80. The van der Waals surface area contributed by atoms with Crippen LogP contribution in [0.2, 0.25) is 0 Å². The second kappa shape index (κ2) is 8.44. The Morgan fingerprint density at radius 1 is 0.857 bits per heavy atom. The maximum Gasteiger partial charge on any atom is 0.254 e. The Balaban J connectivity index is 1.67. The number of carbonyl (C=O) groups excluding carboxylic acids is 2. The zero-order chi connectivity index (χ0) is 20.1. The second-order valence-corrected chi connectivity index (χ2v) is 6.38. The van der Waals surface area contributed by atoms with Gasteiger partial charge in [0.1, 0.15) is 11.5 Å². The van der Waals surface area contributed by atoms with Crippen molar-refractivity contribution in [1.29, 1.82) is 5.26 Å². The third-order valence-corrected chi connectivity index (χ3v) is 4.69. The largest absolute Gasteiger partial charge is 0.497 e. The highest BCUT2D eigenvalue weighted by molar-refractivity contribution is 5.96. The third-order valence-electron chi connectivity index (χ3n) is 4.69. The lowest BCUT2D eigenvalue weighted by molar-refractivity contribution is 0.0535. The molecule has 2 aromatic rings. The molecule has 0 unspecified atom stereocenters. The number of nitrogens with zero attached hydrogens (tertiary/aromatic N) is 3. The van der Waals surface area contributed by atoms with Crippen LogP contribution in [-0.4, -0.2) is 62.0 Å². The van der Waals surface area contributed by atoms with Gasteiger partial charge < -0.3 is 19.3 Å². The molecule has 0 atom stereocenters. The molecule has 0 spiro atoms. The topological polar surface area (TPSA) is 82.9 Å². The first-order chi connectivity index (χ1) is 13.5. The van der Waals surface area contributed by atoms with E-state index in [1.807, 2.05) is 6.07 Å². The molecule has 0 saturated carbocycles. The number of nitriles is 1. The summed E-state index contributed by atoms with van der Waals surface area (Å²) in [4.78, 5) is 28.9. The molecule has 0 aromatic heterocycles. The molecule has 1 saturated heterocycles. The number of piperazine rings is 1. The van der Waals surface area contributed by atoms with Crippen LogP contribution in [0, 0.1) is 11.3 Å². The molecular weight excluding hydrogens is 358 g/mol. The van der Waals surface area contributed by atoms with E-state index >= 15 is 0 Å². The lowest BCUT2D eigenvalue weighted by Crippen LogP contribution is -2.50. The Bertz CT molecular complexity index is 905. The Morgan fingerprint density at radius 3 is 1.89 bits per heavy atom. The lowest BCUT2D eigenvalue weighted by Gasteiger charge is -2.35. The summed E-state index contributed by atoms with van der Waals surface area (Å²) >= 11 is 0. The standard InChI is InChI=1S/C21H21N3O4/c1-27-18-11-17(12-19(13-18)28-2)21(26)24-8-6-23(7-9-24)20(25)16-5-3-4-15(10-16)14-22/h3-5,10-13H,6-9H2,1-2H3. The van der Waals surface area contributed by atoms with E-state index in [1.54, 1.807) is 52.3 Å². The maximum absolute atomic E-state index is 12.8. The van der Waals surface area contributed by atoms with Gasteiger partial charge in [0, 0.05) is 43.4 Å². The number of amides is 2. The maximum atomic E-state index is 12.8. The van der Waals surface area contributed by atoms with E-state index in [9.17, 15) is 9.59 Å². The molecule has 7 heteroatoms. The summed E-state index contributed by atoms with van der Waals surface area (Å²) in [6.45, 7) is 1.73. The van der Waals surface area contributed by atoms with Crippen LogP contribution in [0.1, 0.15) is 26.3 Å². The van der Waals surface area contributed by atoms with Crippen LogP contribution in [0.4, 0.5) is 0 Å². The molecule has 1 aliphatic heterocycles. The molecule has 0 aliphatic carbocycles. The fraction of sp³-hybridized carbons (Fsp3) is 0.286. The first kappa shape index (κ1) is 19.2. The smallest absolute Gasteiger partial charge is 0.254 e. The van der Waals surface area contributed by atoms with Gasteiger partial charge in [-0.2, -0.15) is 5.26 Å². The molecule has 0 N–H and O–H groups in total. The van der Waals surface area contributed by atoms with E-state index in [2.05, 4.69) is 0 Å². The minimum Gasteiger partial charge on any atom is -0.497 e. The summed E-state index contributed by atoms with van der Waals surface area (Å²) in [6, 6.07) is 13.7. The van der Waals surface area contributed by atoms with E-state index in [4.69, 9.17) is 14.7 Å². The van der Waals surface area contributed by atoms with Crippen molar-refractivity contribution in [1.82, 2.24) is 9.80 Å². The zero-order valence-corrected chi connectivity index (χ0v) is 15.8.